The van der Waals surface area contributed by atoms with Gasteiger partial charge in [0.1, 0.15) is 12.4 Å². The first-order chi connectivity index (χ1) is 15.2. The molecule has 3 rings (SSSR count). The summed E-state index contributed by atoms with van der Waals surface area (Å²) >= 11 is 0. The summed E-state index contributed by atoms with van der Waals surface area (Å²) in [5.41, 5.74) is 0. The molecule has 2 aliphatic heterocycles. The maximum atomic E-state index is 5.75. The minimum Gasteiger partial charge on any atom is -0.382 e. The van der Waals surface area contributed by atoms with Crippen LogP contribution in [0.25, 0.3) is 0 Å². The first kappa shape index (κ1) is 27.2. The maximum Gasteiger partial charge on any atom is 0.194 e. The molecule has 0 aromatic carbocycles. The van der Waals surface area contributed by atoms with E-state index >= 15 is 0 Å². The van der Waals surface area contributed by atoms with Crippen LogP contribution in [0.2, 0.25) is 0 Å². The van der Waals surface area contributed by atoms with Crippen molar-refractivity contribution in [3.8, 4) is 0 Å². The van der Waals surface area contributed by atoms with Gasteiger partial charge in [0.15, 0.2) is 11.8 Å². The van der Waals surface area contributed by atoms with Crippen molar-refractivity contribution >= 4 is 29.9 Å². The van der Waals surface area contributed by atoms with Crippen LogP contribution in [0, 0.1) is 12.8 Å². The topological polar surface area (TPSA) is 89.3 Å². The van der Waals surface area contributed by atoms with Crippen LogP contribution >= 0.6 is 24.0 Å². The van der Waals surface area contributed by atoms with Gasteiger partial charge < -0.3 is 29.0 Å². The zero-order valence-electron chi connectivity index (χ0n) is 19.8. The molecule has 0 amide bonds. The van der Waals surface area contributed by atoms with Crippen molar-refractivity contribution in [3.63, 3.8) is 0 Å². The SMILES string of the molecule is COCCOCC1CCN(C(=NCc2nnc(C)n2C)NCCCN2CCOCC2)C1.I. The van der Waals surface area contributed by atoms with Gasteiger partial charge in [-0.3, -0.25) is 4.90 Å². The molecule has 1 aromatic rings. The van der Waals surface area contributed by atoms with Gasteiger partial charge in [0.25, 0.3) is 0 Å². The summed E-state index contributed by atoms with van der Waals surface area (Å²) in [6.45, 7) is 12.2. The molecule has 2 aliphatic rings. The number of guanidine groups is 1. The fourth-order valence-corrected chi connectivity index (χ4v) is 3.88. The second kappa shape index (κ2) is 15.0. The first-order valence-corrected chi connectivity index (χ1v) is 11.4. The Hall–Kier alpha value is -1.02. The molecule has 11 heteroatoms. The number of nitrogens with one attached hydrogen (secondary N) is 1. The van der Waals surface area contributed by atoms with Gasteiger partial charge in [-0.25, -0.2) is 4.99 Å². The third-order valence-corrected chi connectivity index (χ3v) is 5.96. The average molecular weight is 566 g/mol. The van der Waals surface area contributed by atoms with Gasteiger partial charge >= 0.3 is 0 Å². The van der Waals surface area contributed by atoms with Crippen molar-refractivity contribution in [1.82, 2.24) is 29.9 Å². The smallest absolute Gasteiger partial charge is 0.194 e. The molecule has 1 atom stereocenters. The number of hydrogen-bond donors (Lipinski definition) is 1. The highest BCUT2D eigenvalue weighted by atomic mass is 127. The Kier molecular flexibility index (Phi) is 12.8. The summed E-state index contributed by atoms with van der Waals surface area (Å²) in [4.78, 5) is 9.71. The number of nitrogens with zero attached hydrogens (tertiary/aromatic N) is 6. The lowest BCUT2D eigenvalue weighted by Gasteiger charge is -2.27. The molecule has 32 heavy (non-hydrogen) atoms. The second-order valence-electron chi connectivity index (χ2n) is 8.27. The van der Waals surface area contributed by atoms with Crippen molar-refractivity contribution in [2.24, 2.45) is 18.0 Å². The Morgan fingerprint density at radius 2 is 2.03 bits per heavy atom. The van der Waals surface area contributed by atoms with Gasteiger partial charge in [-0.2, -0.15) is 0 Å². The monoisotopic (exact) mass is 565 g/mol. The van der Waals surface area contributed by atoms with E-state index in [-0.39, 0.29) is 24.0 Å². The molecule has 10 nitrogen and oxygen atoms in total. The van der Waals surface area contributed by atoms with Crippen molar-refractivity contribution in [1.29, 1.82) is 0 Å². The van der Waals surface area contributed by atoms with Crippen LogP contribution in [0.4, 0.5) is 0 Å². The lowest BCUT2D eigenvalue weighted by Crippen LogP contribution is -2.42. The molecule has 2 saturated heterocycles. The lowest BCUT2D eigenvalue weighted by atomic mass is 10.1. The van der Waals surface area contributed by atoms with Gasteiger partial charge in [0, 0.05) is 52.8 Å². The maximum absolute atomic E-state index is 5.75. The summed E-state index contributed by atoms with van der Waals surface area (Å²) in [5.74, 6) is 3.26. The Labute approximate surface area is 209 Å². The lowest BCUT2D eigenvalue weighted by molar-refractivity contribution is 0.0375. The predicted molar refractivity (Wildman–Crippen MR) is 135 cm³/mol. The standard InChI is InChI=1S/C21H39N7O3.HI/c1-18-24-25-20(26(18)2)15-23-21(22-6-4-7-27-9-11-30-12-10-27)28-8-5-19(16-28)17-31-14-13-29-3;/h19H,4-17H2,1-3H3,(H,22,23);1H. The van der Waals surface area contributed by atoms with Crippen LogP contribution in [0.1, 0.15) is 24.5 Å². The minimum atomic E-state index is 0. The van der Waals surface area contributed by atoms with Crippen LogP contribution in [0.3, 0.4) is 0 Å². The van der Waals surface area contributed by atoms with Gasteiger partial charge in [0.05, 0.1) is 33.0 Å². The number of ether oxygens (including phenoxy) is 3. The quantitative estimate of drug-likeness (QED) is 0.183. The zero-order chi connectivity index (χ0) is 21.9. The minimum absolute atomic E-state index is 0. The van der Waals surface area contributed by atoms with Gasteiger partial charge in [-0.1, -0.05) is 0 Å². The highest BCUT2D eigenvalue weighted by Crippen LogP contribution is 2.17. The first-order valence-electron chi connectivity index (χ1n) is 11.4. The predicted octanol–water partition coefficient (Wildman–Crippen LogP) is 0.894. The molecule has 1 unspecified atom stereocenters. The Bertz CT molecular complexity index is 682. The van der Waals surface area contributed by atoms with Gasteiger partial charge in [-0.15, -0.1) is 34.2 Å². The van der Waals surface area contributed by atoms with E-state index in [2.05, 4.69) is 25.3 Å². The Morgan fingerprint density at radius 1 is 1.22 bits per heavy atom. The molecule has 0 bridgehead atoms. The summed E-state index contributed by atoms with van der Waals surface area (Å²) in [6, 6.07) is 0. The third-order valence-electron chi connectivity index (χ3n) is 5.96. The van der Waals surface area contributed by atoms with E-state index in [1.54, 1.807) is 7.11 Å². The van der Waals surface area contributed by atoms with Crippen LogP contribution in [-0.2, 0) is 27.8 Å². The van der Waals surface area contributed by atoms with Gasteiger partial charge in [0.2, 0.25) is 0 Å². The van der Waals surface area contributed by atoms with Crippen LogP contribution in [0.15, 0.2) is 4.99 Å². The highest BCUT2D eigenvalue weighted by molar-refractivity contribution is 14.0. The van der Waals surface area contributed by atoms with Crippen molar-refractivity contribution in [3.05, 3.63) is 11.6 Å². The average Bonchev–Trinajstić information content (AvgIpc) is 3.39. The largest absolute Gasteiger partial charge is 0.382 e. The molecule has 0 aliphatic carbocycles. The normalized spacial score (nSPS) is 19.9. The van der Waals surface area contributed by atoms with Crippen molar-refractivity contribution < 1.29 is 14.2 Å². The van der Waals surface area contributed by atoms with Crippen molar-refractivity contribution in [2.75, 3.05) is 79.4 Å². The van der Waals surface area contributed by atoms with Crippen LogP contribution < -0.4 is 5.32 Å². The molecule has 1 N–H and O–H groups in total. The number of likely N-dealkylation sites (tertiary alicyclic amines) is 1. The molecular weight excluding hydrogens is 525 g/mol. The third kappa shape index (κ3) is 8.73. The highest BCUT2D eigenvalue weighted by Gasteiger charge is 2.25. The molecule has 1 aromatic heterocycles. The van der Waals surface area contributed by atoms with Crippen molar-refractivity contribution in [2.45, 2.75) is 26.3 Å². The Balaban J connectivity index is 0.00000363. The number of halogens is 1. The number of rotatable bonds is 11. The number of hydrogen-bond acceptors (Lipinski definition) is 7. The van der Waals surface area contributed by atoms with E-state index in [1.165, 1.54) is 0 Å². The number of aryl methyl sites for hydroxylation is 1. The van der Waals surface area contributed by atoms with E-state index < -0.39 is 0 Å². The number of aromatic nitrogens is 3. The number of methoxy groups -OCH3 is 1. The van der Waals surface area contributed by atoms with E-state index in [9.17, 15) is 0 Å². The molecule has 2 fully saturated rings. The fraction of sp³-hybridized carbons (Fsp3) is 0.857. The molecule has 3 heterocycles. The summed E-state index contributed by atoms with van der Waals surface area (Å²) in [6.07, 6.45) is 2.20. The number of morpholine rings is 1. The summed E-state index contributed by atoms with van der Waals surface area (Å²) < 4.78 is 18.2. The van der Waals surface area contributed by atoms with E-state index in [1.807, 2.05) is 18.5 Å². The van der Waals surface area contributed by atoms with Crippen LogP contribution in [0.5, 0.6) is 0 Å². The fourth-order valence-electron chi connectivity index (χ4n) is 3.88. The van der Waals surface area contributed by atoms with E-state index in [4.69, 9.17) is 19.2 Å². The molecule has 0 spiro atoms. The van der Waals surface area contributed by atoms with E-state index in [0.717, 1.165) is 89.5 Å². The molecule has 184 valence electrons. The summed E-state index contributed by atoms with van der Waals surface area (Å²) in [5, 5.41) is 12.0. The number of aliphatic imine (C=N–C) groups is 1. The zero-order valence-corrected chi connectivity index (χ0v) is 22.1. The molecule has 0 saturated carbocycles. The molecular formula is C21H40IN7O3. The summed E-state index contributed by atoms with van der Waals surface area (Å²) in [7, 11) is 3.69. The van der Waals surface area contributed by atoms with Crippen LogP contribution in [-0.4, -0.2) is 110 Å². The van der Waals surface area contributed by atoms with E-state index in [0.29, 0.717) is 25.7 Å². The van der Waals surface area contributed by atoms with Gasteiger partial charge in [-0.05, 0) is 26.3 Å². The Morgan fingerprint density at radius 3 is 2.75 bits per heavy atom. The molecule has 0 radical (unpaired) electrons. The second-order valence-corrected chi connectivity index (χ2v) is 8.27.